The van der Waals surface area contributed by atoms with E-state index in [0.29, 0.717) is 24.0 Å². The predicted octanol–water partition coefficient (Wildman–Crippen LogP) is -1.53. The highest BCUT2D eigenvalue weighted by Gasteiger charge is 2.35. The van der Waals surface area contributed by atoms with Crippen molar-refractivity contribution in [3.63, 3.8) is 0 Å². The lowest BCUT2D eigenvalue weighted by Gasteiger charge is -2.28. The maximum Gasteiger partial charge on any atom is 0.247 e. The maximum atomic E-state index is 14.4. The van der Waals surface area contributed by atoms with E-state index < -0.39 is 95.5 Å². The lowest BCUT2D eigenvalue weighted by molar-refractivity contribution is -0.136. The molecule has 0 bridgehead atoms. The van der Waals surface area contributed by atoms with Gasteiger partial charge in [-0.2, -0.15) is 0 Å². The van der Waals surface area contributed by atoms with Crippen LogP contribution in [0.2, 0.25) is 0 Å². The molecule has 9 amide bonds. The zero-order chi connectivity index (χ0) is 51.2. The van der Waals surface area contributed by atoms with E-state index in [4.69, 9.17) is 22.6 Å². The first-order chi connectivity index (χ1) is 33.5. The minimum absolute atomic E-state index is 0.000600. The summed E-state index contributed by atoms with van der Waals surface area (Å²) >= 11 is 0. The number of hydrogen-bond acceptors (Lipinski definition) is 11. The Morgan fingerprint density at radius 3 is 2.13 bits per heavy atom. The summed E-state index contributed by atoms with van der Waals surface area (Å²) in [5, 5.41) is 32.3. The summed E-state index contributed by atoms with van der Waals surface area (Å²) in [6, 6.07) is 6.19. The van der Waals surface area contributed by atoms with Gasteiger partial charge in [0.05, 0.1) is 0 Å². The molecule has 1 saturated heterocycles. The van der Waals surface area contributed by atoms with Crippen LogP contribution in [0.15, 0.2) is 60.8 Å². The second kappa shape index (κ2) is 28.1. The molecule has 23 heteroatoms. The summed E-state index contributed by atoms with van der Waals surface area (Å²) in [5.41, 5.74) is 18.9. The van der Waals surface area contributed by atoms with Crippen molar-refractivity contribution in [1.29, 1.82) is 5.41 Å². The molecule has 3 aromatic rings. The second-order valence-electron chi connectivity index (χ2n) is 17.1. The molecule has 0 spiro atoms. The van der Waals surface area contributed by atoms with Crippen molar-refractivity contribution in [3.8, 4) is 0 Å². The van der Waals surface area contributed by atoms with Gasteiger partial charge < -0.3 is 70.0 Å². The Balaban J connectivity index is 1.74. The molecule has 7 atom stereocenters. The van der Waals surface area contributed by atoms with E-state index >= 15 is 0 Å². The number of nitrogens with two attached hydrogens (primary N) is 3. The maximum absolute atomic E-state index is 14.4. The summed E-state index contributed by atoms with van der Waals surface area (Å²) in [6.07, 6.45) is 2.70. The van der Waals surface area contributed by atoms with Crippen LogP contribution in [0.3, 0.4) is 0 Å². The van der Waals surface area contributed by atoms with Crippen molar-refractivity contribution >= 4 is 70.0 Å². The fraction of sp³-hybridized carbons (Fsp3) is 0.489. The van der Waals surface area contributed by atoms with Gasteiger partial charge in [-0.05, 0) is 68.7 Å². The van der Waals surface area contributed by atoms with Gasteiger partial charge in [0.15, 0.2) is 5.96 Å². The topological polar surface area (TPSA) is 380 Å². The monoisotopic (exact) mass is 973 g/mol. The fourth-order valence-electron chi connectivity index (χ4n) is 7.84. The molecule has 1 aromatic heterocycles. The number of rotatable bonds is 19. The SMILES string of the molecule is CCCC[C@H](NC(C)=O)C(=O)N[C@H]1CCC(=O)NCC[C@@H](C(=O)N[C@@H](Cc2c[nH]c3ccccc23)C(N)=O)NC(=O)[C@H](CCCNC(=N)N)NC(=O)C(c2ccccc2)NC(=O)[C@H](CCCN)NC1=O. The van der Waals surface area contributed by atoms with E-state index in [0.717, 1.165) is 10.9 Å². The van der Waals surface area contributed by atoms with Gasteiger partial charge in [0.2, 0.25) is 53.2 Å². The number of primary amides is 1. The summed E-state index contributed by atoms with van der Waals surface area (Å²) in [6.45, 7) is 3.18. The standard InChI is InChI=1S/C47H68N14O9/c1-3-4-15-32(55-27(2)62)41(65)57-35-19-20-38(63)52-24-21-36(44(68)60-37(40(49)64)25-29-26-54-31-16-9-8-14-30(29)31)58-42(66)34(18-11-23-53-47(50)51)59-46(70)39(28-12-6-5-7-13-28)61-45(69)33(17-10-22-48)56-43(35)67/h5-9,12-14,16,26,32-37,39,54H,3-4,10-11,15,17-25,48H2,1-2H3,(H2,49,64)(H,52,63)(H,55,62)(H,56,67)(H,57,65)(H,58,66)(H,59,70)(H,60,68)(H,61,69)(H4,50,51,53)/t32-,33-,34-,35-,36-,37-,39?/m0/s1. The van der Waals surface area contributed by atoms with Crippen LogP contribution < -0.4 is 65.1 Å². The number of H-pyrrole nitrogens is 1. The van der Waals surface area contributed by atoms with Gasteiger partial charge >= 0.3 is 0 Å². The van der Waals surface area contributed by atoms with E-state index in [1.54, 1.807) is 36.5 Å². The van der Waals surface area contributed by atoms with Gasteiger partial charge in [-0.25, -0.2) is 0 Å². The van der Waals surface area contributed by atoms with Crippen molar-refractivity contribution in [1.82, 2.24) is 52.8 Å². The summed E-state index contributed by atoms with van der Waals surface area (Å²) in [4.78, 5) is 127. The highest BCUT2D eigenvalue weighted by molar-refractivity contribution is 5.98. The van der Waals surface area contributed by atoms with Crippen molar-refractivity contribution in [2.24, 2.45) is 17.2 Å². The minimum Gasteiger partial charge on any atom is -0.370 e. The molecule has 2 heterocycles. The molecule has 380 valence electrons. The first-order valence-corrected chi connectivity index (χ1v) is 23.5. The van der Waals surface area contributed by atoms with E-state index in [9.17, 15) is 43.2 Å². The van der Waals surface area contributed by atoms with Crippen LogP contribution in [-0.2, 0) is 49.6 Å². The number of guanidine groups is 1. The Hall–Kier alpha value is -7.56. The van der Waals surface area contributed by atoms with E-state index in [1.165, 1.54) is 6.92 Å². The van der Waals surface area contributed by atoms with Gasteiger partial charge in [0.1, 0.15) is 42.3 Å². The number of unbranched alkanes of at least 4 members (excludes halogenated alkanes) is 1. The van der Waals surface area contributed by atoms with Crippen molar-refractivity contribution in [3.05, 3.63) is 71.9 Å². The summed E-state index contributed by atoms with van der Waals surface area (Å²) in [7, 11) is 0. The van der Waals surface area contributed by atoms with Crippen molar-refractivity contribution in [2.45, 2.75) is 127 Å². The number of carbonyl (C=O) groups excluding carboxylic acids is 9. The van der Waals surface area contributed by atoms with E-state index in [1.807, 2.05) is 31.2 Å². The van der Waals surface area contributed by atoms with Gasteiger partial charge in [0.25, 0.3) is 0 Å². The third-order valence-electron chi connectivity index (χ3n) is 11.6. The average Bonchev–Trinajstić information content (AvgIpc) is 3.74. The quantitative estimate of drug-likeness (QED) is 0.0370. The number of fused-ring (bicyclic) bond motifs is 1. The summed E-state index contributed by atoms with van der Waals surface area (Å²) in [5.74, 6) is -7.15. The van der Waals surface area contributed by atoms with Crippen LogP contribution in [0, 0.1) is 5.41 Å². The van der Waals surface area contributed by atoms with Gasteiger partial charge in [0, 0.05) is 50.0 Å². The van der Waals surface area contributed by atoms with Gasteiger partial charge in [-0.1, -0.05) is 68.3 Å². The van der Waals surface area contributed by atoms with Crippen LogP contribution in [0.5, 0.6) is 0 Å². The third-order valence-corrected chi connectivity index (χ3v) is 11.6. The molecular formula is C47H68N14O9. The molecule has 17 N–H and O–H groups in total. The molecule has 0 saturated carbocycles. The third kappa shape index (κ3) is 17.5. The molecule has 0 radical (unpaired) electrons. The van der Waals surface area contributed by atoms with E-state index in [-0.39, 0.29) is 83.4 Å². The zero-order valence-corrected chi connectivity index (χ0v) is 39.6. The predicted molar refractivity (Wildman–Crippen MR) is 260 cm³/mol. The zero-order valence-electron chi connectivity index (χ0n) is 39.6. The van der Waals surface area contributed by atoms with Crippen molar-refractivity contribution < 1.29 is 43.2 Å². The van der Waals surface area contributed by atoms with Crippen molar-refractivity contribution in [2.75, 3.05) is 19.6 Å². The molecular weight excluding hydrogens is 905 g/mol. The number of hydrogen-bond donors (Lipinski definition) is 14. The molecule has 1 aliphatic heterocycles. The lowest BCUT2D eigenvalue weighted by atomic mass is 10.0. The fourth-order valence-corrected chi connectivity index (χ4v) is 7.84. The Morgan fingerprint density at radius 2 is 1.46 bits per heavy atom. The number of nitrogens with one attached hydrogen (secondary N) is 11. The first-order valence-electron chi connectivity index (χ1n) is 23.5. The number of benzene rings is 2. The lowest BCUT2D eigenvalue weighted by Crippen LogP contribution is -2.58. The number of aromatic nitrogens is 1. The first kappa shape index (κ1) is 55.0. The highest BCUT2D eigenvalue weighted by atomic mass is 16.2. The Labute approximate surface area is 406 Å². The molecule has 1 aliphatic rings. The Morgan fingerprint density at radius 1 is 0.786 bits per heavy atom. The number of carbonyl (C=O) groups is 9. The van der Waals surface area contributed by atoms with E-state index in [2.05, 4.69) is 52.8 Å². The van der Waals surface area contributed by atoms with Gasteiger partial charge in [-0.3, -0.25) is 48.6 Å². The molecule has 1 fully saturated rings. The largest absolute Gasteiger partial charge is 0.370 e. The van der Waals surface area contributed by atoms with Crippen LogP contribution in [0.4, 0.5) is 0 Å². The number of para-hydroxylation sites is 1. The summed E-state index contributed by atoms with van der Waals surface area (Å²) < 4.78 is 0. The van der Waals surface area contributed by atoms with Crippen LogP contribution in [-0.4, -0.2) is 120 Å². The Bertz CT molecular complexity index is 2310. The molecule has 0 aliphatic carbocycles. The molecule has 4 rings (SSSR count). The second-order valence-corrected chi connectivity index (χ2v) is 17.1. The van der Waals surface area contributed by atoms with Gasteiger partial charge in [-0.15, -0.1) is 0 Å². The minimum atomic E-state index is -1.45. The van der Waals surface area contributed by atoms with Crippen LogP contribution in [0.1, 0.15) is 95.2 Å². The molecule has 23 nitrogen and oxygen atoms in total. The number of aromatic amines is 1. The van der Waals surface area contributed by atoms with Crippen LogP contribution >= 0.6 is 0 Å². The molecule has 2 aromatic carbocycles. The van der Waals surface area contributed by atoms with Crippen LogP contribution in [0.25, 0.3) is 10.9 Å². The average molecular weight is 973 g/mol. The normalized spacial score (nSPS) is 20.6. The highest BCUT2D eigenvalue weighted by Crippen LogP contribution is 2.20. The molecule has 70 heavy (non-hydrogen) atoms. The number of amides is 9. The Kier molecular flexibility index (Phi) is 22.1. The smallest absolute Gasteiger partial charge is 0.247 e. The molecule has 1 unspecified atom stereocenters.